The molecule has 0 aromatic heterocycles. The van der Waals surface area contributed by atoms with Gasteiger partial charge in [0, 0.05) is 13.1 Å². The summed E-state index contributed by atoms with van der Waals surface area (Å²) in [6.45, 7) is 13.6. The Bertz CT molecular complexity index is 767. The Morgan fingerprint density at radius 2 is 1.96 bits per heavy atom. The Hall–Kier alpha value is -2.43. The topological polar surface area (TPSA) is 48.0 Å². The SMILES string of the molecule is C=C1OC(C)=C(COC(=O)N2CCC(c3cccc(CC(C)(C)C)c3)CC2)O1. The first kappa shape index (κ1) is 20.3. The van der Waals surface area contributed by atoms with Crippen LogP contribution in [0.1, 0.15) is 57.6 Å². The highest BCUT2D eigenvalue weighted by Crippen LogP contribution is 2.30. The van der Waals surface area contributed by atoms with E-state index in [1.165, 1.54) is 11.1 Å². The van der Waals surface area contributed by atoms with Crippen LogP contribution in [0.3, 0.4) is 0 Å². The maximum Gasteiger partial charge on any atom is 0.410 e. The number of rotatable bonds is 4. The molecule has 0 saturated carbocycles. The summed E-state index contributed by atoms with van der Waals surface area (Å²) in [5.74, 6) is 1.80. The molecule has 2 aliphatic heterocycles. The molecule has 1 aromatic rings. The van der Waals surface area contributed by atoms with Gasteiger partial charge >= 0.3 is 6.09 Å². The van der Waals surface area contributed by atoms with Gasteiger partial charge in [0.05, 0.1) is 0 Å². The Kier molecular flexibility index (Phi) is 6.01. The van der Waals surface area contributed by atoms with Gasteiger partial charge in [-0.15, -0.1) is 0 Å². The molecule has 1 amide bonds. The summed E-state index contributed by atoms with van der Waals surface area (Å²) in [7, 11) is 0. The molecule has 0 bridgehead atoms. The molecule has 0 spiro atoms. The third-order valence-electron chi connectivity index (χ3n) is 5.13. The van der Waals surface area contributed by atoms with Crippen LogP contribution in [0.25, 0.3) is 0 Å². The average molecular weight is 386 g/mol. The van der Waals surface area contributed by atoms with Crippen LogP contribution in [-0.4, -0.2) is 30.7 Å². The monoisotopic (exact) mass is 385 g/mol. The number of carbonyl (C=O) groups excluding carboxylic acids is 1. The first-order chi connectivity index (χ1) is 13.2. The van der Waals surface area contributed by atoms with E-state index >= 15 is 0 Å². The van der Waals surface area contributed by atoms with E-state index in [4.69, 9.17) is 14.2 Å². The van der Waals surface area contributed by atoms with Crippen molar-refractivity contribution in [1.29, 1.82) is 0 Å². The predicted octanol–water partition coefficient (Wildman–Crippen LogP) is 5.34. The standard InChI is InChI=1S/C23H31NO4/c1-16-21(28-17(2)27-16)15-26-22(25)24-11-9-19(10-12-24)20-8-6-7-18(13-20)14-23(3,4)5/h6-8,13,19H,2,9-12,14-15H2,1,3-5H3. The number of benzene rings is 1. The van der Waals surface area contributed by atoms with Gasteiger partial charge in [0.25, 0.3) is 5.95 Å². The van der Waals surface area contributed by atoms with E-state index in [9.17, 15) is 4.79 Å². The van der Waals surface area contributed by atoms with Gasteiger partial charge in [-0.25, -0.2) is 4.79 Å². The van der Waals surface area contributed by atoms with Crippen LogP contribution < -0.4 is 0 Å². The van der Waals surface area contributed by atoms with E-state index in [-0.39, 0.29) is 24.1 Å². The number of hydrogen-bond donors (Lipinski definition) is 0. The Morgan fingerprint density at radius 1 is 1.25 bits per heavy atom. The van der Waals surface area contributed by atoms with Gasteiger partial charge in [0.15, 0.2) is 12.4 Å². The Balaban J connectivity index is 1.50. The van der Waals surface area contributed by atoms with Crippen LogP contribution in [0.4, 0.5) is 4.79 Å². The molecule has 1 aromatic carbocycles. The summed E-state index contributed by atoms with van der Waals surface area (Å²) in [5.41, 5.74) is 3.04. The number of likely N-dealkylation sites (tertiary alicyclic amines) is 1. The average Bonchev–Trinajstić information content (AvgIpc) is 2.96. The molecule has 3 rings (SSSR count). The van der Waals surface area contributed by atoms with Crippen molar-refractivity contribution in [3.05, 3.63) is 59.4 Å². The van der Waals surface area contributed by atoms with Crippen molar-refractivity contribution in [1.82, 2.24) is 4.90 Å². The smallest absolute Gasteiger partial charge is 0.410 e. The van der Waals surface area contributed by atoms with Gasteiger partial charge < -0.3 is 19.1 Å². The van der Waals surface area contributed by atoms with Crippen molar-refractivity contribution in [3.8, 4) is 0 Å². The summed E-state index contributed by atoms with van der Waals surface area (Å²) in [4.78, 5) is 14.1. The quantitative estimate of drug-likeness (QED) is 0.702. The van der Waals surface area contributed by atoms with E-state index in [1.807, 2.05) is 0 Å². The van der Waals surface area contributed by atoms with E-state index in [2.05, 4.69) is 51.6 Å². The Morgan fingerprint density at radius 3 is 2.57 bits per heavy atom. The first-order valence-corrected chi connectivity index (χ1v) is 9.96. The second-order valence-corrected chi connectivity index (χ2v) is 8.85. The molecule has 0 aliphatic carbocycles. The highest BCUT2D eigenvalue weighted by atomic mass is 16.7. The molecule has 5 heteroatoms. The third kappa shape index (κ3) is 5.31. The van der Waals surface area contributed by atoms with Crippen molar-refractivity contribution in [2.24, 2.45) is 5.41 Å². The summed E-state index contributed by atoms with van der Waals surface area (Å²) >= 11 is 0. The number of hydrogen-bond acceptors (Lipinski definition) is 4. The third-order valence-corrected chi connectivity index (χ3v) is 5.13. The molecule has 28 heavy (non-hydrogen) atoms. The van der Waals surface area contributed by atoms with Crippen LogP contribution in [-0.2, 0) is 20.6 Å². The number of ether oxygens (including phenoxy) is 3. The van der Waals surface area contributed by atoms with Gasteiger partial charge in [0.2, 0.25) is 0 Å². The van der Waals surface area contributed by atoms with Gasteiger partial charge in [-0.1, -0.05) is 45.0 Å². The highest BCUT2D eigenvalue weighted by molar-refractivity contribution is 5.68. The fraction of sp³-hybridized carbons (Fsp3) is 0.522. The van der Waals surface area contributed by atoms with Crippen molar-refractivity contribution in [2.75, 3.05) is 19.7 Å². The van der Waals surface area contributed by atoms with Gasteiger partial charge in [0.1, 0.15) is 5.76 Å². The van der Waals surface area contributed by atoms with Gasteiger partial charge in [-0.3, -0.25) is 0 Å². The zero-order chi connectivity index (χ0) is 20.3. The lowest BCUT2D eigenvalue weighted by molar-refractivity contribution is 0.0862. The van der Waals surface area contributed by atoms with E-state index in [0.29, 0.717) is 30.5 Å². The molecular formula is C23H31NO4. The molecule has 2 aliphatic rings. The zero-order valence-electron chi connectivity index (χ0n) is 17.4. The number of amides is 1. The van der Waals surface area contributed by atoms with Crippen LogP contribution in [0, 0.1) is 5.41 Å². The summed E-state index contributed by atoms with van der Waals surface area (Å²) in [5, 5.41) is 0. The molecule has 0 unspecified atom stereocenters. The molecule has 0 radical (unpaired) electrons. The summed E-state index contributed by atoms with van der Waals surface area (Å²) in [6, 6.07) is 8.92. The lowest BCUT2D eigenvalue weighted by atomic mass is 9.84. The second kappa shape index (κ2) is 8.29. The fourth-order valence-corrected chi connectivity index (χ4v) is 3.77. The lowest BCUT2D eigenvalue weighted by Crippen LogP contribution is -2.38. The molecular weight excluding hydrogens is 354 g/mol. The number of allylic oxidation sites excluding steroid dienone is 1. The van der Waals surface area contributed by atoms with E-state index < -0.39 is 0 Å². The van der Waals surface area contributed by atoms with Gasteiger partial charge in [-0.05, 0) is 55.2 Å². The van der Waals surface area contributed by atoms with Crippen LogP contribution in [0.2, 0.25) is 0 Å². The van der Waals surface area contributed by atoms with Crippen LogP contribution in [0.5, 0.6) is 0 Å². The molecule has 1 saturated heterocycles. The highest BCUT2D eigenvalue weighted by Gasteiger charge is 2.26. The van der Waals surface area contributed by atoms with Crippen LogP contribution in [0.15, 0.2) is 48.3 Å². The number of carbonyl (C=O) groups is 1. The molecule has 1 fully saturated rings. The fourth-order valence-electron chi connectivity index (χ4n) is 3.77. The minimum absolute atomic E-state index is 0.0679. The van der Waals surface area contributed by atoms with E-state index in [1.54, 1.807) is 11.8 Å². The van der Waals surface area contributed by atoms with Crippen molar-refractivity contribution in [2.45, 2.75) is 52.9 Å². The zero-order valence-corrected chi connectivity index (χ0v) is 17.4. The summed E-state index contributed by atoms with van der Waals surface area (Å²) in [6.07, 6.45) is 2.67. The maximum atomic E-state index is 12.4. The maximum absolute atomic E-state index is 12.4. The minimum atomic E-state index is -0.304. The predicted molar refractivity (Wildman–Crippen MR) is 109 cm³/mol. The minimum Gasteiger partial charge on any atom is -0.441 e. The normalized spacial score (nSPS) is 18.1. The molecule has 2 heterocycles. The number of piperidine rings is 1. The molecule has 5 nitrogen and oxygen atoms in total. The molecule has 0 N–H and O–H groups in total. The number of nitrogens with zero attached hydrogens (tertiary/aromatic N) is 1. The second-order valence-electron chi connectivity index (χ2n) is 8.85. The molecule has 152 valence electrons. The van der Waals surface area contributed by atoms with Crippen LogP contribution >= 0.6 is 0 Å². The lowest BCUT2D eigenvalue weighted by Gasteiger charge is -2.31. The van der Waals surface area contributed by atoms with Gasteiger partial charge in [-0.2, -0.15) is 0 Å². The van der Waals surface area contributed by atoms with Crippen molar-refractivity contribution >= 4 is 6.09 Å². The largest absolute Gasteiger partial charge is 0.441 e. The van der Waals surface area contributed by atoms with Crippen molar-refractivity contribution in [3.63, 3.8) is 0 Å². The van der Waals surface area contributed by atoms with Crippen molar-refractivity contribution < 1.29 is 19.0 Å². The van der Waals surface area contributed by atoms with E-state index in [0.717, 1.165) is 19.3 Å². The Labute approximate surface area is 168 Å². The first-order valence-electron chi connectivity index (χ1n) is 9.96. The molecule has 0 atom stereocenters. The summed E-state index contributed by atoms with van der Waals surface area (Å²) < 4.78 is 15.9.